The fourth-order valence-electron chi connectivity index (χ4n) is 1.50. The molecule has 0 aliphatic heterocycles. The van der Waals surface area contributed by atoms with E-state index in [0.29, 0.717) is 5.82 Å². The number of nitrogens with zero attached hydrogens (tertiary/aromatic N) is 3. The van der Waals surface area contributed by atoms with Gasteiger partial charge in [0.1, 0.15) is 0 Å². The van der Waals surface area contributed by atoms with E-state index in [1.54, 1.807) is 11.3 Å². The van der Waals surface area contributed by atoms with Gasteiger partial charge in [-0.05, 0) is 54.1 Å². The van der Waals surface area contributed by atoms with Crippen molar-refractivity contribution in [3.8, 4) is 10.7 Å². The van der Waals surface area contributed by atoms with Crippen LogP contribution in [-0.2, 0) is 0 Å². The van der Waals surface area contributed by atoms with Crippen LogP contribution in [0.25, 0.3) is 10.7 Å². The summed E-state index contributed by atoms with van der Waals surface area (Å²) in [6, 6.07) is 4.14. The van der Waals surface area contributed by atoms with E-state index in [-0.39, 0.29) is 10.6 Å². The predicted molar refractivity (Wildman–Crippen MR) is 65.1 cm³/mol. The second-order valence-corrected chi connectivity index (χ2v) is 5.46. The first-order valence-corrected chi connectivity index (χ1v) is 6.47. The van der Waals surface area contributed by atoms with Crippen LogP contribution in [0.15, 0.2) is 12.1 Å². The van der Waals surface area contributed by atoms with Gasteiger partial charge < -0.3 is 0 Å². The van der Waals surface area contributed by atoms with Crippen molar-refractivity contribution >= 4 is 34.5 Å². The van der Waals surface area contributed by atoms with Gasteiger partial charge in [-0.2, -0.15) is 15.0 Å². The summed E-state index contributed by atoms with van der Waals surface area (Å²) in [6.07, 6.45) is 2.58. The van der Waals surface area contributed by atoms with Crippen molar-refractivity contribution in [2.75, 3.05) is 0 Å². The second-order valence-electron chi connectivity index (χ2n) is 3.67. The molecule has 0 N–H and O–H groups in total. The van der Waals surface area contributed by atoms with Crippen LogP contribution in [0.2, 0.25) is 10.6 Å². The van der Waals surface area contributed by atoms with E-state index in [4.69, 9.17) is 23.2 Å². The number of aromatic nitrogens is 3. The van der Waals surface area contributed by atoms with Gasteiger partial charge in [-0.15, -0.1) is 11.3 Å². The molecule has 1 fully saturated rings. The Kier molecular flexibility index (Phi) is 2.58. The fourth-order valence-corrected chi connectivity index (χ4v) is 2.97. The molecule has 0 saturated heterocycles. The average Bonchev–Trinajstić information content (AvgIpc) is 2.95. The van der Waals surface area contributed by atoms with Gasteiger partial charge in [0.05, 0.1) is 4.88 Å². The Hall–Kier alpha value is -0.710. The Morgan fingerprint density at radius 2 is 1.75 bits per heavy atom. The third-order valence-corrected chi connectivity index (χ3v) is 3.99. The Balaban J connectivity index is 2.00. The molecule has 0 spiro atoms. The minimum absolute atomic E-state index is 0.136. The number of halogens is 2. The van der Waals surface area contributed by atoms with Gasteiger partial charge in [-0.3, -0.25) is 0 Å². The normalized spacial score (nSPS) is 15.4. The maximum absolute atomic E-state index is 5.74. The van der Waals surface area contributed by atoms with Crippen molar-refractivity contribution in [2.45, 2.75) is 18.8 Å². The highest BCUT2D eigenvalue weighted by Gasteiger charge is 2.25. The Morgan fingerprint density at radius 1 is 1.06 bits per heavy atom. The molecule has 0 radical (unpaired) electrons. The molecule has 3 rings (SSSR count). The van der Waals surface area contributed by atoms with E-state index in [0.717, 1.165) is 10.8 Å². The summed E-state index contributed by atoms with van der Waals surface area (Å²) in [5, 5.41) is 0.271. The highest BCUT2D eigenvalue weighted by Crippen LogP contribution is 2.44. The molecular weight excluding hydrogens is 265 g/mol. The lowest BCUT2D eigenvalue weighted by molar-refractivity contribution is 1.06. The molecule has 0 atom stereocenters. The molecule has 3 nitrogen and oxygen atoms in total. The fraction of sp³-hybridized carbons (Fsp3) is 0.300. The van der Waals surface area contributed by atoms with Gasteiger partial charge in [0.15, 0.2) is 5.82 Å². The molecule has 2 heterocycles. The van der Waals surface area contributed by atoms with Gasteiger partial charge in [0.2, 0.25) is 10.6 Å². The summed E-state index contributed by atoms with van der Waals surface area (Å²) < 4.78 is 0. The van der Waals surface area contributed by atoms with Crippen LogP contribution in [0, 0.1) is 0 Å². The molecule has 0 unspecified atom stereocenters. The topological polar surface area (TPSA) is 38.7 Å². The Bertz CT molecular complexity index is 516. The molecule has 2 aromatic rings. The summed E-state index contributed by atoms with van der Waals surface area (Å²) in [5.74, 6) is 1.30. The van der Waals surface area contributed by atoms with Crippen LogP contribution in [-0.4, -0.2) is 15.0 Å². The molecule has 1 saturated carbocycles. The summed E-state index contributed by atoms with van der Waals surface area (Å²) in [4.78, 5) is 14.2. The first-order valence-electron chi connectivity index (χ1n) is 4.89. The van der Waals surface area contributed by atoms with Gasteiger partial charge in [0.25, 0.3) is 0 Å². The first kappa shape index (κ1) is 10.4. The van der Waals surface area contributed by atoms with E-state index in [9.17, 15) is 0 Å². The zero-order chi connectivity index (χ0) is 11.1. The lowest BCUT2D eigenvalue weighted by Gasteiger charge is -1.96. The summed E-state index contributed by atoms with van der Waals surface area (Å²) in [5.41, 5.74) is 0. The van der Waals surface area contributed by atoms with Crippen LogP contribution in [0.5, 0.6) is 0 Å². The molecule has 0 aromatic carbocycles. The molecule has 1 aliphatic rings. The SMILES string of the molecule is Clc1nc(Cl)nc(-c2ccc(C3CC3)s2)n1. The van der Waals surface area contributed by atoms with Crippen molar-refractivity contribution in [1.82, 2.24) is 15.0 Å². The van der Waals surface area contributed by atoms with Gasteiger partial charge in [0, 0.05) is 4.88 Å². The quantitative estimate of drug-likeness (QED) is 0.835. The molecule has 1 aliphatic carbocycles. The molecule has 6 heteroatoms. The third-order valence-electron chi connectivity index (χ3n) is 2.41. The standard InChI is InChI=1S/C10H7Cl2N3S/c11-9-13-8(14-10(12)15-9)7-4-3-6(16-7)5-1-2-5/h3-5H,1-2H2. The summed E-state index contributed by atoms with van der Waals surface area (Å²) in [6.45, 7) is 0. The Morgan fingerprint density at radius 3 is 2.38 bits per heavy atom. The lowest BCUT2D eigenvalue weighted by Crippen LogP contribution is -1.91. The molecule has 82 valence electrons. The Labute approximate surface area is 106 Å². The maximum Gasteiger partial charge on any atom is 0.227 e. The maximum atomic E-state index is 5.74. The van der Waals surface area contributed by atoms with Gasteiger partial charge >= 0.3 is 0 Å². The van der Waals surface area contributed by atoms with E-state index in [2.05, 4.69) is 21.0 Å². The number of thiophene rings is 1. The van der Waals surface area contributed by atoms with Crippen molar-refractivity contribution in [3.63, 3.8) is 0 Å². The zero-order valence-electron chi connectivity index (χ0n) is 8.15. The van der Waals surface area contributed by atoms with Crippen molar-refractivity contribution in [2.24, 2.45) is 0 Å². The molecule has 0 bridgehead atoms. The molecule has 0 amide bonds. The minimum Gasteiger partial charge on any atom is -0.197 e. The van der Waals surface area contributed by atoms with E-state index < -0.39 is 0 Å². The van der Waals surface area contributed by atoms with Crippen molar-refractivity contribution < 1.29 is 0 Å². The van der Waals surface area contributed by atoms with Gasteiger partial charge in [-0.25, -0.2) is 0 Å². The first-order chi connectivity index (χ1) is 7.72. The third kappa shape index (κ3) is 2.05. The second kappa shape index (κ2) is 3.95. The van der Waals surface area contributed by atoms with E-state index in [1.807, 2.05) is 6.07 Å². The molecule has 2 aromatic heterocycles. The smallest absolute Gasteiger partial charge is 0.197 e. The number of hydrogen-bond donors (Lipinski definition) is 0. The minimum atomic E-state index is 0.136. The zero-order valence-corrected chi connectivity index (χ0v) is 10.5. The summed E-state index contributed by atoms with van der Waals surface area (Å²) in [7, 11) is 0. The monoisotopic (exact) mass is 271 g/mol. The highest BCUT2D eigenvalue weighted by molar-refractivity contribution is 7.15. The van der Waals surface area contributed by atoms with Crippen LogP contribution in [0.3, 0.4) is 0 Å². The molecule has 16 heavy (non-hydrogen) atoms. The van der Waals surface area contributed by atoms with Crippen molar-refractivity contribution in [3.05, 3.63) is 27.6 Å². The van der Waals surface area contributed by atoms with Gasteiger partial charge in [-0.1, -0.05) is 0 Å². The van der Waals surface area contributed by atoms with Crippen LogP contribution < -0.4 is 0 Å². The largest absolute Gasteiger partial charge is 0.227 e. The lowest BCUT2D eigenvalue weighted by atomic mass is 10.3. The van der Waals surface area contributed by atoms with Crippen LogP contribution in [0.4, 0.5) is 0 Å². The van der Waals surface area contributed by atoms with Crippen LogP contribution >= 0.6 is 34.5 Å². The van der Waals surface area contributed by atoms with E-state index >= 15 is 0 Å². The number of hydrogen-bond acceptors (Lipinski definition) is 4. The van der Waals surface area contributed by atoms with E-state index in [1.165, 1.54) is 17.7 Å². The summed E-state index contributed by atoms with van der Waals surface area (Å²) >= 11 is 13.2. The average molecular weight is 272 g/mol. The number of rotatable bonds is 2. The highest BCUT2D eigenvalue weighted by atomic mass is 35.5. The van der Waals surface area contributed by atoms with Crippen molar-refractivity contribution in [1.29, 1.82) is 0 Å². The van der Waals surface area contributed by atoms with Crippen LogP contribution in [0.1, 0.15) is 23.6 Å². The predicted octanol–water partition coefficient (Wildman–Crippen LogP) is 3.78. The molecular formula is C10H7Cl2N3S.